The Morgan fingerprint density at radius 1 is 1.11 bits per heavy atom. The maximum atomic E-state index is 12.6. The number of carbonyl (C=O) groups is 2. The third-order valence-corrected chi connectivity index (χ3v) is 4.93. The van der Waals surface area contributed by atoms with Crippen molar-refractivity contribution < 1.29 is 14.3 Å². The Balaban J connectivity index is 1.69. The van der Waals surface area contributed by atoms with E-state index >= 15 is 0 Å². The van der Waals surface area contributed by atoms with Gasteiger partial charge in [0.15, 0.2) is 0 Å². The molecule has 6 nitrogen and oxygen atoms in total. The van der Waals surface area contributed by atoms with Gasteiger partial charge < -0.3 is 15.0 Å². The molecule has 0 aromatic heterocycles. The average molecular weight is 381 g/mol. The van der Waals surface area contributed by atoms with Crippen molar-refractivity contribution in [2.24, 2.45) is 0 Å². The maximum Gasteiger partial charge on any atom is 0.244 e. The number of amides is 2. The second-order valence-corrected chi connectivity index (χ2v) is 7.07. The van der Waals surface area contributed by atoms with E-state index in [1.807, 2.05) is 43.3 Å². The van der Waals surface area contributed by atoms with Gasteiger partial charge >= 0.3 is 0 Å². The Hall–Kier alpha value is -3.02. The molecule has 1 aliphatic rings. The summed E-state index contributed by atoms with van der Waals surface area (Å²) in [6.07, 6.45) is 2.45. The fourth-order valence-corrected chi connectivity index (χ4v) is 3.45. The van der Waals surface area contributed by atoms with Crippen LogP contribution in [-0.4, -0.2) is 38.6 Å². The van der Waals surface area contributed by atoms with Gasteiger partial charge in [0.25, 0.3) is 0 Å². The molecular formula is C22H27N3O3. The van der Waals surface area contributed by atoms with Crippen molar-refractivity contribution in [1.29, 1.82) is 0 Å². The summed E-state index contributed by atoms with van der Waals surface area (Å²) in [6.45, 7) is 5.46. The van der Waals surface area contributed by atoms with Gasteiger partial charge in [-0.1, -0.05) is 6.07 Å². The summed E-state index contributed by atoms with van der Waals surface area (Å²) >= 11 is 0. The normalized spacial score (nSPS) is 13.3. The van der Waals surface area contributed by atoms with Crippen LogP contribution in [0.1, 0.15) is 25.3 Å². The topological polar surface area (TPSA) is 61.9 Å². The molecule has 1 N–H and O–H groups in total. The first-order chi connectivity index (χ1) is 13.5. The van der Waals surface area contributed by atoms with Crippen LogP contribution < -0.4 is 19.9 Å². The van der Waals surface area contributed by atoms with Gasteiger partial charge in [0.2, 0.25) is 11.8 Å². The smallest absolute Gasteiger partial charge is 0.244 e. The molecule has 0 aliphatic carbocycles. The lowest BCUT2D eigenvalue weighted by atomic mass is 10.2. The molecule has 1 fully saturated rings. The third kappa shape index (κ3) is 4.63. The summed E-state index contributed by atoms with van der Waals surface area (Å²) in [6, 6.07) is 13.4. The van der Waals surface area contributed by atoms with E-state index in [0.29, 0.717) is 17.1 Å². The number of rotatable bonds is 6. The molecule has 3 rings (SSSR count). The van der Waals surface area contributed by atoms with Crippen LogP contribution in [0.5, 0.6) is 5.75 Å². The number of anilines is 3. The average Bonchev–Trinajstić information content (AvgIpc) is 3.21. The minimum Gasteiger partial charge on any atom is -0.495 e. The highest BCUT2D eigenvalue weighted by molar-refractivity contribution is 6.02. The molecule has 0 unspecified atom stereocenters. The molecular weight excluding hydrogens is 354 g/mol. The van der Waals surface area contributed by atoms with Crippen molar-refractivity contribution >= 4 is 28.9 Å². The molecule has 2 aromatic rings. The Morgan fingerprint density at radius 3 is 2.39 bits per heavy atom. The zero-order valence-electron chi connectivity index (χ0n) is 16.7. The minimum absolute atomic E-state index is 0.0803. The van der Waals surface area contributed by atoms with E-state index in [9.17, 15) is 9.59 Å². The highest BCUT2D eigenvalue weighted by Gasteiger charge is 2.20. The first-order valence-electron chi connectivity index (χ1n) is 9.55. The number of hydrogen-bond donors (Lipinski definition) is 1. The Kier molecular flexibility index (Phi) is 6.19. The molecule has 0 saturated carbocycles. The number of carbonyl (C=O) groups excluding carboxylic acids is 2. The monoisotopic (exact) mass is 381 g/mol. The van der Waals surface area contributed by atoms with E-state index in [1.165, 1.54) is 30.4 Å². The summed E-state index contributed by atoms with van der Waals surface area (Å²) in [7, 11) is 1.55. The number of nitrogens with zero attached hydrogens (tertiary/aromatic N) is 2. The van der Waals surface area contributed by atoms with E-state index in [4.69, 9.17) is 4.74 Å². The number of nitrogens with one attached hydrogen (secondary N) is 1. The molecule has 1 saturated heterocycles. The van der Waals surface area contributed by atoms with Crippen LogP contribution >= 0.6 is 0 Å². The molecule has 2 aromatic carbocycles. The number of hydrogen-bond acceptors (Lipinski definition) is 4. The van der Waals surface area contributed by atoms with Crippen molar-refractivity contribution in [2.75, 3.05) is 41.9 Å². The van der Waals surface area contributed by atoms with E-state index in [1.54, 1.807) is 13.2 Å². The van der Waals surface area contributed by atoms with E-state index in [2.05, 4.69) is 10.2 Å². The Morgan fingerprint density at radius 2 is 1.79 bits per heavy atom. The molecule has 28 heavy (non-hydrogen) atoms. The van der Waals surface area contributed by atoms with Gasteiger partial charge in [0.1, 0.15) is 12.3 Å². The lowest BCUT2D eigenvalue weighted by Crippen LogP contribution is -2.37. The Labute approximate surface area is 166 Å². The van der Waals surface area contributed by atoms with Gasteiger partial charge in [-0.3, -0.25) is 14.5 Å². The second kappa shape index (κ2) is 8.78. The highest BCUT2D eigenvalue weighted by atomic mass is 16.5. The molecule has 1 aliphatic heterocycles. The van der Waals surface area contributed by atoms with Crippen molar-refractivity contribution in [3.63, 3.8) is 0 Å². The lowest BCUT2D eigenvalue weighted by molar-refractivity contribution is -0.120. The largest absolute Gasteiger partial charge is 0.495 e. The Bertz CT molecular complexity index is 843. The SMILES string of the molecule is COc1ccc(C)cc1N(CC(=O)Nc1ccc(N2CCCC2)cc1)C(C)=O. The van der Waals surface area contributed by atoms with Crippen molar-refractivity contribution in [3.8, 4) is 5.75 Å². The van der Waals surface area contributed by atoms with E-state index < -0.39 is 0 Å². The van der Waals surface area contributed by atoms with Crippen molar-refractivity contribution in [3.05, 3.63) is 48.0 Å². The lowest BCUT2D eigenvalue weighted by Gasteiger charge is -2.23. The summed E-state index contributed by atoms with van der Waals surface area (Å²) < 4.78 is 5.36. The second-order valence-electron chi connectivity index (χ2n) is 7.07. The first kappa shape index (κ1) is 19.7. The summed E-state index contributed by atoms with van der Waals surface area (Å²) in [4.78, 5) is 28.5. The van der Waals surface area contributed by atoms with E-state index in [0.717, 1.165) is 18.7 Å². The number of aryl methyl sites for hydroxylation is 1. The molecule has 0 bridgehead atoms. The quantitative estimate of drug-likeness (QED) is 0.831. The van der Waals surface area contributed by atoms with Crippen LogP contribution in [0, 0.1) is 6.92 Å². The van der Waals surface area contributed by atoms with Crippen LogP contribution in [0.2, 0.25) is 0 Å². The van der Waals surface area contributed by atoms with Crippen LogP contribution in [-0.2, 0) is 9.59 Å². The summed E-state index contributed by atoms with van der Waals surface area (Å²) in [5.41, 5.74) is 3.47. The van der Waals surface area contributed by atoms with Crippen molar-refractivity contribution in [2.45, 2.75) is 26.7 Å². The fraction of sp³-hybridized carbons (Fsp3) is 0.364. The zero-order chi connectivity index (χ0) is 20.1. The summed E-state index contributed by atoms with van der Waals surface area (Å²) in [5.74, 6) is 0.0830. The molecule has 0 radical (unpaired) electrons. The maximum absolute atomic E-state index is 12.6. The standard InChI is InChI=1S/C22H27N3O3/c1-16-6-11-21(28-3)20(14-16)25(17(2)26)15-22(27)23-18-7-9-19(10-8-18)24-12-4-5-13-24/h6-11,14H,4-5,12-13,15H2,1-3H3,(H,23,27). The number of methoxy groups -OCH3 is 1. The first-order valence-corrected chi connectivity index (χ1v) is 9.55. The number of ether oxygens (including phenoxy) is 1. The molecule has 0 atom stereocenters. The number of benzene rings is 2. The van der Waals surface area contributed by atoms with Gasteiger partial charge in [0.05, 0.1) is 12.8 Å². The predicted molar refractivity (Wildman–Crippen MR) is 112 cm³/mol. The van der Waals surface area contributed by atoms with Crippen LogP contribution in [0.4, 0.5) is 17.1 Å². The van der Waals surface area contributed by atoms with E-state index in [-0.39, 0.29) is 18.4 Å². The predicted octanol–water partition coefficient (Wildman–Crippen LogP) is 3.60. The fourth-order valence-electron chi connectivity index (χ4n) is 3.45. The van der Waals surface area contributed by atoms with Gasteiger partial charge in [-0.15, -0.1) is 0 Å². The van der Waals surface area contributed by atoms with Crippen LogP contribution in [0.3, 0.4) is 0 Å². The molecule has 148 valence electrons. The van der Waals surface area contributed by atoms with Gasteiger partial charge in [0, 0.05) is 31.4 Å². The summed E-state index contributed by atoms with van der Waals surface area (Å²) in [5, 5.41) is 2.87. The van der Waals surface area contributed by atoms with Gasteiger partial charge in [-0.2, -0.15) is 0 Å². The minimum atomic E-state index is -0.257. The third-order valence-electron chi connectivity index (χ3n) is 4.93. The van der Waals surface area contributed by atoms with Gasteiger partial charge in [-0.25, -0.2) is 0 Å². The van der Waals surface area contributed by atoms with Gasteiger partial charge in [-0.05, 0) is 61.7 Å². The van der Waals surface area contributed by atoms with Crippen molar-refractivity contribution in [1.82, 2.24) is 0 Å². The van der Waals surface area contributed by atoms with Crippen LogP contribution in [0.15, 0.2) is 42.5 Å². The molecule has 0 spiro atoms. The zero-order valence-corrected chi connectivity index (χ0v) is 16.7. The molecule has 1 heterocycles. The van der Waals surface area contributed by atoms with Crippen LogP contribution in [0.25, 0.3) is 0 Å². The molecule has 2 amide bonds. The molecule has 6 heteroatoms. The highest BCUT2D eigenvalue weighted by Crippen LogP contribution is 2.29.